The molecule has 0 saturated carbocycles. The van der Waals surface area contributed by atoms with Crippen molar-refractivity contribution in [2.45, 2.75) is 32.7 Å². The van der Waals surface area contributed by atoms with Gasteiger partial charge in [0, 0.05) is 23.7 Å². The first kappa shape index (κ1) is 22.6. The average molecular weight is 426 g/mol. The number of ether oxygens (including phenoxy) is 2. The Hall–Kier alpha value is -3.06. The van der Waals surface area contributed by atoms with Gasteiger partial charge in [-0.2, -0.15) is 0 Å². The summed E-state index contributed by atoms with van der Waals surface area (Å²) in [6.45, 7) is 6.74. The number of nitrogens with one attached hydrogen (secondary N) is 2. The predicted molar refractivity (Wildman–Crippen MR) is 121 cm³/mol. The molecule has 1 fully saturated rings. The molecule has 1 aliphatic rings. The lowest BCUT2D eigenvalue weighted by atomic mass is 10.1. The monoisotopic (exact) mass is 425 g/mol. The molecule has 166 valence electrons. The van der Waals surface area contributed by atoms with Gasteiger partial charge in [-0.25, -0.2) is 0 Å². The topological polar surface area (TPSA) is 79.9 Å². The Kier molecular flexibility index (Phi) is 7.52. The van der Waals surface area contributed by atoms with Gasteiger partial charge in [-0.1, -0.05) is 24.6 Å². The molecule has 0 unspecified atom stereocenters. The van der Waals surface area contributed by atoms with Gasteiger partial charge < -0.3 is 20.1 Å². The Morgan fingerprint density at radius 3 is 2.45 bits per heavy atom. The fraction of sp³-hybridized carbons (Fsp3) is 0.417. The molecule has 2 aromatic rings. The molecule has 0 aliphatic carbocycles. The Morgan fingerprint density at radius 2 is 1.81 bits per heavy atom. The van der Waals surface area contributed by atoms with Crippen LogP contribution >= 0.6 is 0 Å². The third-order valence-corrected chi connectivity index (χ3v) is 5.71. The van der Waals surface area contributed by atoms with Crippen LogP contribution in [0.3, 0.4) is 0 Å². The summed E-state index contributed by atoms with van der Waals surface area (Å²) in [6, 6.07) is 10.9. The van der Waals surface area contributed by atoms with Crippen molar-refractivity contribution in [3.63, 3.8) is 0 Å². The van der Waals surface area contributed by atoms with Gasteiger partial charge in [-0.05, 0) is 57.1 Å². The summed E-state index contributed by atoms with van der Waals surface area (Å²) < 4.78 is 10.9. The molecule has 0 bridgehead atoms. The number of rotatable bonds is 8. The predicted octanol–water partition coefficient (Wildman–Crippen LogP) is 3.48. The number of methoxy groups -OCH3 is 2. The van der Waals surface area contributed by atoms with E-state index in [-0.39, 0.29) is 11.8 Å². The number of carbonyl (C=O) groups is 2. The third kappa shape index (κ3) is 5.35. The van der Waals surface area contributed by atoms with E-state index in [2.05, 4.69) is 22.5 Å². The molecule has 31 heavy (non-hydrogen) atoms. The average Bonchev–Trinajstić information content (AvgIpc) is 3.24. The van der Waals surface area contributed by atoms with E-state index in [1.165, 1.54) is 14.2 Å². The molecule has 2 N–H and O–H groups in total. The van der Waals surface area contributed by atoms with Crippen LogP contribution in [0, 0.1) is 6.92 Å². The van der Waals surface area contributed by atoms with Crippen LogP contribution in [-0.4, -0.2) is 56.6 Å². The summed E-state index contributed by atoms with van der Waals surface area (Å²) in [5, 5.41) is 5.87. The van der Waals surface area contributed by atoms with E-state index in [0.29, 0.717) is 40.9 Å². The standard InChI is InChI=1S/C24H31N3O4/c1-5-27-12-6-7-19(27)15-25-23(28)18-13-20(22(31-4)21(14-18)30-3)26-24(29)17-10-8-16(2)9-11-17/h8-11,13-14,19H,5-7,12,15H2,1-4H3,(H,25,28)(H,26,29)/t19-/m0/s1. The van der Waals surface area contributed by atoms with Crippen molar-refractivity contribution < 1.29 is 19.1 Å². The second-order valence-corrected chi connectivity index (χ2v) is 7.71. The molecular formula is C24H31N3O4. The summed E-state index contributed by atoms with van der Waals surface area (Å²) >= 11 is 0. The number of nitrogens with zero attached hydrogens (tertiary/aromatic N) is 1. The Labute approximate surface area is 183 Å². The number of hydrogen-bond donors (Lipinski definition) is 2. The van der Waals surface area contributed by atoms with Gasteiger partial charge >= 0.3 is 0 Å². The van der Waals surface area contributed by atoms with E-state index in [0.717, 1.165) is 31.5 Å². The van der Waals surface area contributed by atoms with E-state index in [9.17, 15) is 9.59 Å². The molecule has 1 heterocycles. The highest BCUT2D eigenvalue weighted by Gasteiger charge is 2.24. The van der Waals surface area contributed by atoms with E-state index in [1.807, 2.05) is 19.1 Å². The van der Waals surface area contributed by atoms with Crippen LogP contribution in [0.25, 0.3) is 0 Å². The maximum Gasteiger partial charge on any atom is 0.255 e. The molecule has 2 aromatic carbocycles. The lowest BCUT2D eigenvalue weighted by Crippen LogP contribution is -2.40. The first-order chi connectivity index (χ1) is 15.0. The third-order valence-electron chi connectivity index (χ3n) is 5.71. The number of benzene rings is 2. The van der Waals surface area contributed by atoms with Crippen LogP contribution in [0.2, 0.25) is 0 Å². The molecule has 0 radical (unpaired) electrons. The van der Waals surface area contributed by atoms with E-state index >= 15 is 0 Å². The molecule has 0 spiro atoms. The molecule has 1 saturated heterocycles. The first-order valence-corrected chi connectivity index (χ1v) is 10.6. The van der Waals surface area contributed by atoms with E-state index < -0.39 is 0 Å². The summed E-state index contributed by atoms with van der Waals surface area (Å²) in [6.07, 6.45) is 2.23. The largest absolute Gasteiger partial charge is 0.493 e. The zero-order valence-electron chi connectivity index (χ0n) is 18.7. The molecule has 1 atom stereocenters. The van der Waals surface area contributed by atoms with Gasteiger partial charge in [0.1, 0.15) is 0 Å². The van der Waals surface area contributed by atoms with E-state index in [4.69, 9.17) is 9.47 Å². The molecule has 7 heteroatoms. The van der Waals surface area contributed by atoms with Crippen molar-refractivity contribution in [1.82, 2.24) is 10.2 Å². The van der Waals surface area contributed by atoms with Crippen LogP contribution < -0.4 is 20.1 Å². The van der Waals surface area contributed by atoms with Crippen LogP contribution in [0.5, 0.6) is 11.5 Å². The quantitative estimate of drug-likeness (QED) is 0.677. The van der Waals surface area contributed by atoms with Gasteiger partial charge in [-0.3, -0.25) is 14.5 Å². The van der Waals surface area contributed by atoms with Crippen LogP contribution in [-0.2, 0) is 0 Å². The second-order valence-electron chi connectivity index (χ2n) is 7.71. The lowest BCUT2D eigenvalue weighted by Gasteiger charge is -2.23. The summed E-state index contributed by atoms with van der Waals surface area (Å²) in [4.78, 5) is 28.0. The number of aryl methyl sites for hydroxylation is 1. The smallest absolute Gasteiger partial charge is 0.255 e. The van der Waals surface area contributed by atoms with E-state index in [1.54, 1.807) is 24.3 Å². The minimum Gasteiger partial charge on any atom is -0.493 e. The summed E-state index contributed by atoms with van der Waals surface area (Å²) in [7, 11) is 3.00. The number of amides is 2. The highest BCUT2D eigenvalue weighted by atomic mass is 16.5. The Morgan fingerprint density at radius 1 is 1.06 bits per heavy atom. The van der Waals surface area contributed by atoms with Gasteiger partial charge in [0.05, 0.1) is 19.9 Å². The molecular weight excluding hydrogens is 394 g/mol. The van der Waals surface area contributed by atoms with Crippen molar-refractivity contribution in [2.24, 2.45) is 0 Å². The number of anilines is 1. The fourth-order valence-electron chi connectivity index (χ4n) is 3.94. The molecule has 3 rings (SSSR count). The highest BCUT2D eigenvalue weighted by Crippen LogP contribution is 2.37. The molecule has 7 nitrogen and oxygen atoms in total. The minimum atomic E-state index is -0.289. The normalized spacial score (nSPS) is 16.1. The van der Waals surface area contributed by atoms with Crippen LogP contribution in [0.1, 0.15) is 46.0 Å². The van der Waals surface area contributed by atoms with Crippen molar-refractivity contribution >= 4 is 17.5 Å². The maximum atomic E-state index is 12.9. The Bertz CT molecular complexity index is 927. The second kappa shape index (κ2) is 10.3. The number of likely N-dealkylation sites (N-methyl/N-ethyl adjacent to an activating group) is 1. The van der Waals surface area contributed by atoms with Crippen molar-refractivity contribution in [1.29, 1.82) is 0 Å². The zero-order valence-corrected chi connectivity index (χ0v) is 18.7. The van der Waals surface area contributed by atoms with Gasteiger partial charge in [-0.15, -0.1) is 0 Å². The fourth-order valence-corrected chi connectivity index (χ4v) is 3.94. The summed E-state index contributed by atoms with van der Waals surface area (Å²) in [5.41, 5.74) is 2.37. The SMILES string of the molecule is CCN1CCC[C@H]1CNC(=O)c1cc(NC(=O)c2ccc(C)cc2)c(OC)c(OC)c1. The Balaban J connectivity index is 1.80. The molecule has 1 aliphatic heterocycles. The lowest BCUT2D eigenvalue weighted by molar-refractivity contribution is 0.0939. The van der Waals surface area contributed by atoms with Gasteiger partial charge in [0.15, 0.2) is 11.5 Å². The highest BCUT2D eigenvalue weighted by molar-refractivity contribution is 6.06. The van der Waals surface area contributed by atoms with Crippen molar-refractivity contribution in [3.05, 3.63) is 53.1 Å². The number of likely N-dealkylation sites (tertiary alicyclic amines) is 1. The van der Waals surface area contributed by atoms with Gasteiger partial charge in [0.2, 0.25) is 0 Å². The van der Waals surface area contributed by atoms with Crippen LogP contribution in [0.4, 0.5) is 5.69 Å². The first-order valence-electron chi connectivity index (χ1n) is 10.6. The zero-order chi connectivity index (χ0) is 22.4. The summed E-state index contributed by atoms with van der Waals surface area (Å²) in [5.74, 6) is 0.245. The maximum absolute atomic E-state index is 12.9. The van der Waals surface area contributed by atoms with Crippen LogP contribution in [0.15, 0.2) is 36.4 Å². The van der Waals surface area contributed by atoms with Crippen molar-refractivity contribution in [2.75, 3.05) is 39.2 Å². The van der Waals surface area contributed by atoms with Gasteiger partial charge in [0.25, 0.3) is 11.8 Å². The number of carbonyl (C=O) groups excluding carboxylic acids is 2. The molecule has 0 aromatic heterocycles. The number of hydrogen-bond acceptors (Lipinski definition) is 5. The minimum absolute atomic E-state index is 0.213. The molecule has 2 amide bonds. The van der Waals surface area contributed by atoms with Crippen molar-refractivity contribution in [3.8, 4) is 11.5 Å².